The van der Waals surface area contributed by atoms with Crippen molar-refractivity contribution in [3.8, 4) is 0 Å². The summed E-state index contributed by atoms with van der Waals surface area (Å²) in [4.78, 5) is 0. The predicted octanol–water partition coefficient (Wildman–Crippen LogP) is 3.08. The lowest BCUT2D eigenvalue weighted by molar-refractivity contribution is 0.178. The largest absolute Gasteiger partial charge is 0.0617 e. The highest BCUT2D eigenvalue weighted by atomic mass is 14.6. The summed E-state index contributed by atoms with van der Waals surface area (Å²) in [7, 11) is 0. The molecule has 0 heteroatoms. The van der Waals surface area contributed by atoms with E-state index >= 15 is 0 Å². The van der Waals surface area contributed by atoms with Gasteiger partial charge in [0.05, 0.1) is 0 Å². The molecule has 0 amide bonds. The average Bonchev–Trinajstić information content (AvgIpc) is 2.16. The molecule has 0 heterocycles. The van der Waals surface area contributed by atoms with Crippen LogP contribution in [0.15, 0.2) is 0 Å². The molecule has 0 nitrogen and oxygen atoms in total. The summed E-state index contributed by atoms with van der Waals surface area (Å²) in [5.74, 6) is 3.12. The van der Waals surface area contributed by atoms with Gasteiger partial charge < -0.3 is 0 Å². The molecule has 0 aromatic rings. The van der Waals surface area contributed by atoms with Gasteiger partial charge in [0, 0.05) is 0 Å². The molecule has 0 radical (unpaired) electrons. The Morgan fingerprint density at radius 1 is 1.10 bits per heavy atom. The van der Waals surface area contributed by atoms with Gasteiger partial charge in [-0.15, -0.1) is 0 Å². The maximum absolute atomic E-state index is 2.49. The molecular formula is C10H18. The molecule has 2 saturated carbocycles. The van der Waals surface area contributed by atoms with Crippen LogP contribution < -0.4 is 0 Å². The summed E-state index contributed by atoms with van der Waals surface area (Å²) in [5.41, 5.74) is 0.762. The van der Waals surface area contributed by atoms with Crippen molar-refractivity contribution in [1.29, 1.82) is 0 Å². The molecule has 0 spiro atoms. The summed E-state index contributed by atoms with van der Waals surface area (Å²) in [6.07, 6.45) is 4.54. The highest BCUT2D eigenvalue weighted by molar-refractivity contribution is 5.08. The molecule has 0 saturated heterocycles. The first kappa shape index (κ1) is 6.69. The molecule has 0 bridgehead atoms. The zero-order chi connectivity index (χ0) is 7.35. The van der Waals surface area contributed by atoms with Crippen LogP contribution in [0.25, 0.3) is 0 Å². The SMILES string of the molecule is CC1C(C)C1(C)C1CCC1. The van der Waals surface area contributed by atoms with Crippen LogP contribution in [0.4, 0.5) is 0 Å². The molecule has 2 atom stereocenters. The standard InChI is InChI=1S/C10H18/c1-7-8(2)10(7,3)9-5-4-6-9/h7-9H,4-6H2,1-3H3. The van der Waals surface area contributed by atoms with Crippen LogP contribution in [-0.2, 0) is 0 Å². The predicted molar refractivity (Wildman–Crippen MR) is 43.8 cm³/mol. The van der Waals surface area contributed by atoms with E-state index in [9.17, 15) is 0 Å². The van der Waals surface area contributed by atoms with E-state index in [0.29, 0.717) is 0 Å². The second-order valence-electron chi connectivity index (χ2n) is 4.57. The van der Waals surface area contributed by atoms with E-state index in [1.165, 1.54) is 19.3 Å². The lowest BCUT2D eigenvalue weighted by Gasteiger charge is -2.33. The Kier molecular flexibility index (Phi) is 1.19. The number of hydrogen-bond acceptors (Lipinski definition) is 0. The summed E-state index contributed by atoms with van der Waals surface area (Å²) in [5, 5.41) is 0. The molecule has 2 fully saturated rings. The minimum atomic E-state index is 0.762. The average molecular weight is 138 g/mol. The Hall–Kier alpha value is 0. The smallest absolute Gasteiger partial charge is 0.0241 e. The van der Waals surface area contributed by atoms with Crippen molar-refractivity contribution in [2.45, 2.75) is 40.0 Å². The summed E-state index contributed by atoms with van der Waals surface area (Å²) < 4.78 is 0. The Morgan fingerprint density at radius 3 is 1.70 bits per heavy atom. The third kappa shape index (κ3) is 0.580. The Labute approximate surface area is 64.0 Å². The summed E-state index contributed by atoms with van der Waals surface area (Å²) in [6.45, 7) is 7.33. The molecule has 2 unspecified atom stereocenters. The van der Waals surface area contributed by atoms with Crippen LogP contribution in [0, 0.1) is 23.2 Å². The maximum Gasteiger partial charge on any atom is -0.0241 e. The van der Waals surface area contributed by atoms with E-state index < -0.39 is 0 Å². The Balaban J connectivity index is 2.03. The molecule has 0 aromatic heterocycles. The van der Waals surface area contributed by atoms with E-state index in [2.05, 4.69) is 20.8 Å². The van der Waals surface area contributed by atoms with E-state index in [1.54, 1.807) is 0 Å². The first-order chi connectivity index (χ1) is 4.67. The Bertz CT molecular complexity index is 136. The van der Waals surface area contributed by atoms with Crippen LogP contribution in [0.2, 0.25) is 0 Å². The van der Waals surface area contributed by atoms with Crippen molar-refractivity contribution in [3.63, 3.8) is 0 Å². The number of hydrogen-bond donors (Lipinski definition) is 0. The van der Waals surface area contributed by atoms with Crippen LogP contribution in [0.1, 0.15) is 40.0 Å². The minimum absolute atomic E-state index is 0.762. The fourth-order valence-corrected chi connectivity index (χ4v) is 2.79. The van der Waals surface area contributed by atoms with Crippen LogP contribution in [-0.4, -0.2) is 0 Å². The van der Waals surface area contributed by atoms with Gasteiger partial charge in [0.1, 0.15) is 0 Å². The van der Waals surface area contributed by atoms with Crippen LogP contribution >= 0.6 is 0 Å². The van der Waals surface area contributed by atoms with Crippen LogP contribution in [0.5, 0.6) is 0 Å². The third-order valence-electron chi connectivity index (χ3n) is 4.59. The first-order valence-electron chi connectivity index (χ1n) is 4.67. The fourth-order valence-electron chi connectivity index (χ4n) is 2.79. The van der Waals surface area contributed by atoms with Crippen molar-refractivity contribution in [1.82, 2.24) is 0 Å². The van der Waals surface area contributed by atoms with Crippen molar-refractivity contribution < 1.29 is 0 Å². The first-order valence-corrected chi connectivity index (χ1v) is 4.67. The zero-order valence-corrected chi connectivity index (χ0v) is 7.35. The van der Waals surface area contributed by atoms with Gasteiger partial charge in [-0.1, -0.05) is 27.2 Å². The van der Waals surface area contributed by atoms with Gasteiger partial charge in [-0.2, -0.15) is 0 Å². The summed E-state index contributed by atoms with van der Waals surface area (Å²) >= 11 is 0. The zero-order valence-electron chi connectivity index (χ0n) is 7.35. The normalized spacial score (nSPS) is 54.3. The van der Waals surface area contributed by atoms with Gasteiger partial charge in [0.25, 0.3) is 0 Å². The second-order valence-corrected chi connectivity index (χ2v) is 4.57. The third-order valence-corrected chi connectivity index (χ3v) is 4.59. The van der Waals surface area contributed by atoms with Gasteiger partial charge >= 0.3 is 0 Å². The van der Waals surface area contributed by atoms with Gasteiger partial charge in [0.15, 0.2) is 0 Å². The minimum Gasteiger partial charge on any atom is -0.0617 e. The van der Waals surface area contributed by atoms with Crippen molar-refractivity contribution in [3.05, 3.63) is 0 Å². The molecule has 0 aromatic carbocycles. The molecule has 2 rings (SSSR count). The fraction of sp³-hybridized carbons (Fsp3) is 1.00. The topological polar surface area (TPSA) is 0 Å². The lowest BCUT2D eigenvalue weighted by Crippen LogP contribution is -2.23. The van der Waals surface area contributed by atoms with Gasteiger partial charge in [0.2, 0.25) is 0 Å². The Morgan fingerprint density at radius 2 is 1.60 bits per heavy atom. The van der Waals surface area contributed by atoms with Gasteiger partial charge in [-0.3, -0.25) is 0 Å². The highest BCUT2D eigenvalue weighted by Gasteiger charge is 2.60. The molecule has 2 aliphatic rings. The molecule has 0 aliphatic heterocycles. The number of rotatable bonds is 1. The quantitative estimate of drug-likeness (QED) is 0.522. The maximum atomic E-state index is 2.49. The lowest BCUT2D eigenvalue weighted by atomic mass is 9.73. The monoisotopic (exact) mass is 138 g/mol. The molecule has 10 heavy (non-hydrogen) atoms. The van der Waals surface area contributed by atoms with E-state index in [1.807, 2.05) is 0 Å². The highest BCUT2D eigenvalue weighted by Crippen LogP contribution is 2.66. The molecule has 2 aliphatic carbocycles. The van der Waals surface area contributed by atoms with Crippen molar-refractivity contribution >= 4 is 0 Å². The van der Waals surface area contributed by atoms with E-state index in [0.717, 1.165) is 23.2 Å². The molecular weight excluding hydrogens is 120 g/mol. The van der Waals surface area contributed by atoms with Crippen LogP contribution in [0.3, 0.4) is 0 Å². The van der Waals surface area contributed by atoms with E-state index in [-0.39, 0.29) is 0 Å². The van der Waals surface area contributed by atoms with Gasteiger partial charge in [-0.25, -0.2) is 0 Å². The van der Waals surface area contributed by atoms with E-state index in [4.69, 9.17) is 0 Å². The van der Waals surface area contributed by atoms with Crippen molar-refractivity contribution in [2.75, 3.05) is 0 Å². The molecule has 58 valence electrons. The van der Waals surface area contributed by atoms with Gasteiger partial charge in [-0.05, 0) is 36.0 Å². The second kappa shape index (κ2) is 1.78. The van der Waals surface area contributed by atoms with Crippen molar-refractivity contribution in [2.24, 2.45) is 23.2 Å². The molecule has 0 N–H and O–H groups in total. The summed E-state index contributed by atoms with van der Waals surface area (Å²) in [6, 6.07) is 0.